The molecule has 0 spiro atoms. The third-order valence-electron chi connectivity index (χ3n) is 3.55. The second kappa shape index (κ2) is 7.35. The van der Waals surface area contributed by atoms with E-state index < -0.39 is 5.60 Å². The molecule has 0 aromatic heterocycles. The predicted octanol–water partition coefficient (Wildman–Crippen LogP) is 1.86. The van der Waals surface area contributed by atoms with Gasteiger partial charge in [0.1, 0.15) is 0 Å². The monoisotopic (exact) mass is 356 g/mol. The summed E-state index contributed by atoms with van der Waals surface area (Å²) in [5, 5.41) is 13.3. The molecule has 1 heterocycles. The van der Waals surface area contributed by atoms with Crippen molar-refractivity contribution in [1.82, 2.24) is 4.90 Å². The molecule has 0 saturated carbocycles. The molecular formula is C15H21BrN2O3. The molecule has 0 aliphatic carbocycles. The molecule has 5 nitrogen and oxygen atoms in total. The van der Waals surface area contributed by atoms with Crippen molar-refractivity contribution in [2.75, 3.05) is 38.7 Å². The highest BCUT2D eigenvalue weighted by molar-refractivity contribution is 9.10. The third kappa shape index (κ3) is 5.07. The number of hydrogen-bond acceptors (Lipinski definition) is 4. The van der Waals surface area contributed by atoms with Crippen LogP contribution in [0, 0.1) is 0 Å². The normalized spacial score (nSPS) is 17.7. The summed E-state index contributed by atoms with van der Waals surface area (Å²) < 4.78 is 6.11. The van der Waals surface area contributed by atoms with Gasteiger partial charge < -0.3 is 15.2 Å². The quantitative estimate of drug-likeness (QED) is 0.845. The average Bonchev–Trinajstić information content (AvgIpc) is 2.41. The Balaban J connectivity index is 1.83. The number of likely N-dealkylation sites (N-methyl/N-ethyl adjacent to an activating group) is 1. The van der Waals surface area contributed by atoms with Gasteiger partial charge in [0.25, 0.3) is 0 Å². The summed E-state index contributed by atoms with van der Waals surface area (Å²) in [6, 6.07) is 7.49. The minimum atomic E-state index is -0.749. The van der Waals surface area contributed by atoms with Gasteiger partial charge in [-0.3, -0.25) is 9.69 Å². The molecule has 21 heavy (non-hydrogen) atoms. The van der Waals surface area contributed by atoms with Crippen LogP contribution in [0.1, 0.15) is 12.8 Å². The van der Waals surface area contributed by atoms with E-state index >= 15 is 0 Å². The van der Waals surface area contributed by atoms with Gasteiger partial charge in [0.15, 0.2) is 0 Å². The second-order valence-corrected chi connectivity index (χ2v) is 6.39. The number of nitrogens with zero attached hydrogens (tertiary/aromatic N) is 1. The summed E-state index contributed by atoms with van der Waals surface area (Å²) in [4.78, 5) is 13.9. The van der Waals surface area contributed by atoms with Gasteiger partial charge in [-0.05, 0) is 35.1 Å². The van der Waals surface area contributed by atoms with Crippen LogP contribution in [0.2, 0.25) is 0 Å². The highest BCUT2D eigenvalue weighted by atomic mass is 79.9. The van der Waals surface area contributed by atoms with Crippen LogP contribution in [0.25, 0.3) is 0 Å². The zero-order valence-electron chi connectivity index (χ0n) is 12.1. The van der Waals surface area contributed by atoms with E-state index in [0.29, 0.717) is 32.6 Å². The second-order valence-electron chi connectivity index (χ2n) is 5.54. The molecule has 6 heteroatoms. The Kier molecular flexibility index (Phi) is 5.75. The van der Waals surface area contributed by atoms with Crippen molar-refractivity contribution in [3.63, 3.8) is 0 Å². The predicted molar refractivity (Wildman–Crippen MR) is 85.3 cm³/mol. The number of benzene rings is 1. The van der Waals surface area contributed by atoms with Gasteiger partial charge in [-0.25, -0.2) is 0 Å². The molecule has 1 aromatic rings. The van der Waals surface area contributed by atoms with Crippen molar-refractivity contribution in [3.05, 3.63) is 28.7 Å². The average molecular weight is 357 g/mol. The number of halogens is 1. The van der Waals surface area contributed by atoms with E-state index in [9.17, 15) is 9.90 Å². The fourth-order valence-electron chi connectivity index (χ4n) is 2.47. The molecule has 2 N–H and O–H groups in total. The summed E-state index contributed by atoms with van der Waals surface area (Å²) in [5.74, 6) is -0.0972. The van der Waals surface area contributed by atoms with Crippen molar-refractivity contribution in [1.29, 1.82) is 0 Å². The van der Waals surface area contributed by atoms with Gasteiger partial charge in [0, 0.05) is 37.1 Å². The Morgan fingerprint density at radius 3 is 2.76 bits per heavy atom. The SMILES string of the molecule is CN(CC(=O)Nc1ccccc1Br)CC1(O)CCOCC1. The van der Waals surface area contributed by atoms with Gasteiger partial charge in [0.2, 0.25) is 5.91 Å². The number of amides is 1. The highest BCUT2D eigenvalue weighted by Crippen LogP contribution is 2.22. The molecule has 1 aliphatic heterocycles. The van der Waals surface area contributed by atoms with E-state index in [2.05, 4.69) is 21.2 Å². The van der Waals surface area contributed by atoms with Crippen LogP contribution < -0.4 is 5.32 Å². The van der Waals surface area contributed by atoms with Crippen molar-refractivity contribution in [2.45, 2.75) is 18.4 Å². The summed E-state index contributed by atoms with van der Waals surface area (Å²) in [6.45, 7) is 1.87. The molecule has 1 aliphatic rings. The Bertz CT molecular complexity index is 490. The van der Waals surface area contributed by atoms with Crippen LogP contribution >= 0.6 is 15.9 Å². The van der Waals surface area contributed by atoms with Crippen molar-refractivity contribution >= 4 is 27.5 Å². The largest absolute Gasteiger partial charge is 0.388 e. The standard InChI is InChI=1S/C15H21BrN2O3/c1-18(11-15(20)6-8-21-9-7-15)10-14(19)17-13-5-3-2-4-12(13)16/h2-5,20H,6-11H2,1H3,(H,17,19). The number of carbonyl (C=O) groups is 1. The van der Waals surface area contributed by atoms with Crippen molar-refractivity contribution in [3.8, 4) is 0 Å². The molecule has 2 rings (SSSR count). The maximum atomic E-state index is 12.0. The molecule has 0 bridgehead atoms. The van der Waals surface area contributed by atoms with E-state index in [1.54, 1.807) is 0 Å². The fourth-order valence-corrected chi connectivity index (χ4v) is 2.85. The van der Waals surface area contributed by atoms with Crippen LogP contribution in [0.3, 0.4) is 0 Å². The zero-order valence-corrected chi connectivity index (χ0v) is 13.7. The van der Waals surface area contributed by atoms with Crippen LogP contribution in [0.5, 0.6) is 0 Å². The minimum absolute atomic E-state index is 0.0972. The first kappa shape index (κ1) is 16.4. The van der Waals surface area contributed by atoms with E-state index in [1.807, 2.05) is 36.2 Å². The number of para-hydroxylation sites is 1. The zero-order chi connectivity index (χ0) is 15.3. The molecule has 0 radical (unpaired) electrons. The molecule has 116 valence electrons. The van der Waals surface area contributed by atoms with Crippen LogP contribution in [0.15, 0.2) is 28.7 Å². The Morgan fingerprint density at radius 1 is 1.43 bits per heavy atom. The van der Waals surface area contributed by atoms with Gasteiger partial charge in [-0.2, -0.15) is 0 Å². The lowest BCUT2D eigenvalue weighted by atomic mass is 9.94. The van der Waals surface area contributed by atoms with Gasteiger partial charge >= 0.3 is 0 Å². The molecule has 1 aromatic carbocycles. The number of hydrogen-bond donors (Lipinski definition) is 2. The molecular weight excluding hydrogens is 336 g/mol. The number of carbonyl (C=O) groups excluding carboxylic acids is 1. The first-order valence-corrected chi connectivity index (χ1v) is 7.81. The van der Waals surface area contributed by atoms with Gasteiger partial charge in [-0.1, -0.05) is 12.1 Å². The van der Waals surface area contributed by atoms with Crippen molar-refractivity contribution in [2.24, 2.45) is 0 Å². The molecule has 1 amide bonds. The maximum Gasteiger partial charge on any atom is 0.238 e. The smallest absolute Gasteiger partial charge is 0.238 e. The Hall–Kier alpha value is -0.950. The van der Waals surface area contributed by atoms with E-state index in [4.69, 9.17) is 4.74 Å². The van der Waals surface area contributed by atoms with Crippen LogP contribution in [-0.4, -0.2) is 54.9 Å². The summed E-state index contributed by atoms with van der Waals surface area (Å²) in [5.41, 5.74) is 0.00123. The summed E-state index contributed by atoms with van der Waals surface area (Å²) in [6.07, 6.45) is 1.23. The Labute approximate surface area is 133 Å². The van der Waals surface area contributed by atoms with E-state index in [-0.39, 0.29) is 12.5 Å². The highest BCUT2D eigenvalue weighted by Gasteiger charge is 2.31. The summed E-state index contributed by atoms with van der Waals surface area (Å²) >= 11 is 3.40. The molecule has 0 atom stereocenters. The van der Waals surface area contributed by atoms with E-state index in [0.717, 1.165) is 10.2 Å². The van der Waals surface area contributed by atoms with Crippen LogP contribution in [-0.2, 0) is 9.53 Å². The molecule has 1 saturated heterocycles. The van der Waals surface area contributed by atoms with Crippen molar-refractivity contribution < 1.29 is 14.6 Å². The molecule has 0 unspecified atom stereocenters. The summed E-state index contributed by atoms with van der Waals surface area (Å²) in [7, 11) is 1.84. The van der Waals surface area contributed by atoms with Gasteiger partial charge in [0.05, 0.1) is 17.8 Å². The van der Waals surface area contributed by atoms with Gasteiger partial charge in [-0.15, -0.1) is 0 Å². The third-order valence-corrected chi connectivity index (χ3v) is 4.24. The lowest BCUT2D eigenvalue weighted by Crippen LogP contribution is -2.47. The van der Waals surface area contributed by atoms with Crippen LogP contribution in [0.4, 0.5) is 5.69 Å². The maximum absolute atomic E-state index is 12.0. The number of ether oxygens (including phenoxy) is 1. The Morgan fingerprint density at radius 2 is 2.10 bits per heavy atom. The minimum Gasteiger partial charge on any atom is -0.388 e. The molecule has 1 fully saturated rings. The number of anilines is 1. The topological polar surface area (TPSA) is 61.8 Å². The number of nitrogens with one attached hydrogen (secondary N) is 1. The fraction of sp³-hybridized carbons (Fsp3) is 0.533. The van der Waals surface area contributed by atoms with E-state index in [1.165, 1.54) is 0 Å². The number of aliphatic hydroxyl groups is 1. The number of rotatable bonds is 5. The lowest BCUT2D eigenvalue weighted by Gasteiger charge is -2.35. The first-order valence-electron chi connectivity index (χ1n) is 7.02. The lowest BCUT2D eigenvalue weighted by molar-refractivity contribution is -0.118. The first-order chi connectivity index (χ1) is 9.98.